The van der Waals surface area contributed by atoms with E-state index in [2.05, 4.69) is 0 Å². The maximum atomic E-state index is 11.2. The molecular formula is C12H16N2O4S. The number of nitro groups is 1. The van der Waals surface area contributed by atoms with Gasteiger partial charge in [0.2, 0.25) is 0 Å². The lowest BCUT2D eigenvalue weighted by Crippen LogP contribution is -2.32. The van der Waals surface area contributed by atoms with Crippen molar-refractivity contribution in [2.75, 3.05) is 24.0 Å². The molecule has 0 saturated heterocycles. The van der Waals surface area contributed by atoms with E-state index in [-0.39, 0.29) is 17.3 Å². The van der Waals surface area contributed by atoms with E-state index in [1.54, 1.807) is 23.7 Å². The standard InChI is InChI=1S/C12H16N2O4S/c1-8(7-19-3)13(2)11-6-9(14(17)18)4-5-10(11)12(15)16/h4-6,8H,7H2,1-3H3,(H,15,16). The van der Waals surface area contributed by atoms with Gasteiger partial charge in [0.15, 0.2) is 0 Å². The third kappa shape index (κ3) is 3.60. The molecule has 19 heavy (non-hydrogen) atoms. The molecule has 7 heteroatoms. The number of nitro benzene ring substituents is 1. The number of carbonyl (C=O) groups is 1. The van der Waals surface area contributed by atoms with Crippen molar-refractivity contribution in [1.82, 2.24) is 0 Å². The maximum absolute atomic E-state index is 11.2. The Morgan fingerprint density at radius 3 is 2.68 bits per heavy atom. The van der Waals surface area contributed by atoms with Crippen molar-refractivity contribution in [2.24, 2.45) is 0 Å². The van der Waals surface area contributed by atoms with Crippen LogP contribution < -0.4 is 4.90 Å². The number of rotatable bonds is 6. The predicted molar refractivity (Wildman–Crippen MR) is 76.3 cm³/mol. The van der Waals surface area contributed by atoms with Crippen LogP contribution in [0.25, 0.3) is 0 Å². The fraction of sp³-hybridized carbons (Fsp3) is 0.417. The van der Waals surface area contributed by atoms with Gasteiger partial charge in [-0.1, -0.05) is 0 Å². The number of hydrogen-bond donors (Lipinski definition) is 1. The van der Waals surface area contributed by atoms with Crippen LogP contribution in [0.5, 0.6) is 0 Å². The van der Waals surface area contributed by atoms with Crippen molar-refractivity contribution in [3.63, 3.8) is 0 Å². The van der Waals surface area contributed by atoms with Crippen LogP contribution >= 0.6 is 11.8 Å². The smallest absolute Gasteiger partial charge is 0.337 e. The van der Waals surface area contributed by atoms with Gasteiger partial charge in [-0.25, -0.2) is 4.79 Å². The topological polar surface area (TPSA) is 83.7 Å². The third-order valence-corrected chi connectivity index (χ3v) is 3.69. The van der Waals surface area contributed by atoms with Gasteiger partial charge < -0.3 is 10.0 Å². The molecule has 1 aromatic carbocycles. The Bertz CT molecular complexity index is 493. The summed E-state index contributed by atoms with van der Waals surface area (Å²) in [5.41, 5.74) is 0.326. The quantitative estimate of drug-likeness (QED) is 0.638. The van der Waals surface area contributed by atoms with E-state index >= 15 is 0 Å². The van der Waals surface area contributed by atoms with Crippen molar-refractivity contribution in [2.45, 2.75) is 13.0 Å². The Labute approximate surface area is 115 Å². The van der Waals surface area contributed by atoms with Crippen molar-refractivity contribution in [3.05, 3.63) is 33.9 Å². The zero-order valence-electron chi connectivity index (χ0n) is 11.0. The van der Waals surface area contributed by atoms with Crippen molar-refractivity contribution >= 4 is 29.1 Å². The Kier molecular flexibility index (Phi) is 5.17. The first-order valence-electron chi connectivity index (χ1n) is 5.62. The largest absolute Gasteiger partial charge is 0.478 e. The summed E-state index contributed by atoms with van der Waals surface area (Å²) >= 11 is 1.63. The fourth-order valence-corrected chi connectivity index (χ4v) is 2.40. The lowest BCUT2D eigenvalue weighted by Gasteiger charge is -2.27. The minimum atomic E-state index is -1.09. The number of aromatic carboxylic acids is 1. The Balaban J connectivity index is 3.24. The lowest BCUT2D eigenvalue weighted by molar-refractivity contribution is -0.384. The molecule has 0 amide bonds. The number of nitrogens with zero attached hydrogens (tertiary/aromatic N) is 2. The highest BCUT2D eigenvalue weighted by Gasteiger charge is 2.20. The van der Waals surface area contributed by atoms with Crippen molar-refractivity contribution < 1.29 is 14.8 Å². The van der Waals surface area contributed by atoms with E-state index in [1.165, 1.54) is 18.2 Å². The molecule has 0 aliphatic heterocycles. The molecule has 1 aromatic rings. The molecule has 0 fully saturated rings. The monoisotopic (exact) mass is 284 g/mol. The second-order valence-corrected chi connectivity index (χ2v) is 5.09. The first-order chi connectivity index (χ1) is 8.88. The molecule has 0 bridgehead atoms. The number of non-ortho nitro benzene ring substituents is 1. The molecule has 0 aliphatic carbocycles. The average Bonchev–Trinajstić information content (AvgIpc) is 2.37. The summed E-state index contributed by atoms with van der Waals surface area (Å²) in [7, 11) is 1.74. The summed E-state index contributed by atoms with van der Waals surface area (Å²) in [4.78, 5) is 23.2. The molecule has 0 spiro atoms. The van der Waals surface area contributed by atoms with E-state index < -0.39 is 10.9 Å². The molecule has 1 N–H and O–H groups in total. The molecule has 104 valence electrons. The molecule has 0 heterocycles. The van der Waals surface area contributed by atoms with Gasteiger partial charge in [-0.3, -0.25) is 10.1 Å². The molecule has 0 radical (unpaired) electrons. The highest BCUT2D eigenvalue weighted by atomic mass is 32.2. The van der Waals surface area contributed by atoms with Crippen LogP contribution in [0, 0.1) is 10.1 Å². The van der Waals surface area contributed by atoms with Crippen LogP contribution in [0.4, 0.5) is 11.4 Å². The highest BCUT2D eigenvalue weighted by Crippen LogP contribution is 2.27. The highest BCUT2D eigenvalue weighted by molar-refractivity contribution is 7.98. The van der Waals surface area contributed by atoms with Crippen LogP contribution in [0.15, 0.2) is 18.2 Å². The maximum Gasteiger partial charge on any atom is 0.337 e. The number of hydrogen-bond acceptors (Lipinski definition) is 5. The van der Waals surface area contributed by atoms with Gasteiger partial charge in [0.05, 0.1) is 16.2 Å². The molecule has 0 aliphatic rings. The van der Waals surface area contributed by atoms with Crippen LogP contribution in [0.2, 0.25) is 0 Å². The zero-order chi connectivity index (χ0) is 14.6. The molecule has 1 unspecified atom stereocenters. The number of carboxylic acid groups (broad SMARTS) is 1. The molecular weight excluding hydrogens is 268 g/mol. The summed E-state index contributed by atoms with van der Waals surface area (Å²) in [5, 5.41) is 19.9. The summed E-state index contributed by atoms with van der Waals surface area (Å²) in [5.74, 6) is -0.286. The summed E-state index contributed by atoms with van der Waals surface area (Å²) in [6.07, 6.45) is 1.95. The second-order valence-electron chi connectivity index (χ2n) is 4.18. The molecule has 0 aromatic heterocycles. The summed E-state index contributed by atoms with van der Waals surface area (Å²) in [6.45, 7) is 1.95. The second kappa shape index (κ2) is 6.42. The van der Waals surface area contributed by atoms with E-state index in [0.717, 1.165) is 5.75 Å². The molecule has 0 saturated carbocycles. The minimum absolute atomic E-state index is 0.0704. The first kappa shape index (κ1) is 15.3. The van der Waals surface area contributed by atoms with Gasteiger partial charge in [-0.2, -0.15) is 11.8 Å². The molecule has 1 atom stereocenters. The predicted octanol–water partition coefficient (Wildman–Crippen LogP) is 2.48. The van der Waals surface area contributed by atoms with Crippen LogP contribution in [0.1, 0.15) is 17.3 Å². The van der Waals surface area contributed by atoms with Gasteiger partial charge in [0, 0.05) is 31.0 Å². The lowest BCUT2D eigenvalue weighted by atomic mass is 10.1. The Morgan fingerprint density at radius 1 is 1.58 bits per heavy atom. The van der Waals surface area contributed by atoms with Crippen LogP contribution in [-0.4, -0.2) is 41.1 Å². The normalized spacial score (nSPS) is 11.9. The van der Waals surface area contributed by atoms with Crippen LogP contribution in [-0.2, 0) is 0 Å². The third-order valence-electron chi connectivity index (χ3n) is 2.87. The van der Waals surface area contributed by atoms with E-state index in [9.17, 15) is 14.9 Å². The fourth-order valence-electron chi connectivity index (χ4n) is 1.70. The van der Waals surface area contributed by atoms with Gasteiger partial charge >= 0.3 is 5.97 Å². The summed E-state index contributed by atoms with van der Waals surface area (Å²) in [6, 6.07) is 3.87. The van der Waals surface area contributed by atoms with Gasteiger partial charge in [0.25, 0.3) is 5.69 Å². The Morgan fingerprint density at radius 2 is 2.21 bits per heavy atom. The first-order valence-corrected chi connectivity index (χ1v) is 7.01. The van der Waals surface area contributed by atoms with Gasteiger partial charge in [-0.15, -0.1) is 0 Å². The Hall–Kier alpha value is -1.76. The number of anilines is 1. The minimum Gasteiger partial charge on any atom is -0.478 e. The number of benzene rings is 1. The van der Waals surface area contributed by atoms with Crippen molar-refractivity contribution in [1.29, 1.82) is 0 Å². The molecule has 1 rings (SSSR count). The van der Waals surface area contributed by atoms with E-state index in [4.69, 9.17) is 5.11 Å². The number of thioether (sulfide) groups is 1. The SMILES string of the molecule is CSCC(C)N(C)c1cc([N+](=O)[O-])ccc1C(=O)O. The van der Waals surface area contributed by atoms with Gasteiger partial charge in [-0.05, 0) is 19.2 Å². The van der Waals surface area contributed by atoms with E-state index in [1.807, 2.05) is 13.2 Å². The van der Waals surface area contributed by atoms with Crippen molar-refractivity contribution in [3.8, 4) is 0 Å². The molecule has 6 nitrogen and oxygen atoms in total. The van der Waals surface area contributed by atoms with E-state index in [0.29, 0.717) is 5.69 Å². The average molecular weight is 284 g/mol. The zero-order valence-corrected chi connectivity index (χ0v) is 11.8. The van der Waals surface area contributed by atoms with Crippen LogP contribution in [0.3, 0.4) is 0 Å². The summed E-state index contributed by atoms with van der Waals surface area (Å²) < 4.78 is 0. The number of carboxylic acids is 1. The van der Waals surface area contributed by atoms with Gasteiger partial charge in [0.1, 0.15) is 0 Å².